The van der Waals surface area contributed by atoms with E-state index in [9.17, 15) is 9.59 Å². The second-order valence-electron chi connectivity index (χ2n) is 8.80. The minimum atomic E-state index is -0.284. The highest BCUT2D eigenvalue weighted by Gasteiger charge is 2.46. The highest BCUT2D eigenvalue weighted by Crippen LogP contribution is 2.43. The first-order chi connectivity index (χ1) is 13.0. The molecule has 0 unspecified atom stereocenters. The first-order valence-corrected chi connectivity index (χ1v) is 10.1. The zero-order valence-corrected chi connectivity index (χ0v) is 16.1. The largest absolute Gasteiger partial charge is 0.336 e. The first kappa shape index (κ1) is 16.9. The van der Waals surface area contributed by atoms with Crippen molar-refractivity contribution in [1.82, 2.24) is 4.90 Å². The molecule has 5 rings (SSSR count). The van der Waals surface area contributed by atoms with Crippen molar-refractivity contribution in [1.29, 1.82) is 0 Å². The molecule has 4 heterocycles. The number of carbonyl (C=O) groups is 2. The third kappa shape index (κ3) is 2.52. The van der Waals surface area contributed by atoms with Crippen molar-refractivity contribution in [3.8, 4) is 0 Å². The van der Waals surface area contributed by atoms with E-state index < -0.39 is 0 Å². The van der Waals surface area contributed by atoms with Crippen LogP contribution in [0.1, 0.15) is 39.5 Å². The van der Waals surface area contributed by atoms with E-state index in [1.165, 1.54) is 11.4 Å². The van der Waals surface area contributed by atoms with Gasteiger partial charge in [-0.2, -0.15) is 0 Å². The average molecular weight is 364 g/mol. The number of nitrogens with zero attached hydrogens (tertiary/aromatic N) is 3. The molecule has 0 aromatic heterocycles. The number of ketones is 2. The number of Topliss-reactive ketones (excluding diaryl/α,β-unsaturated/α-hetero) is 2. The summed E-state index contributed by atoms with van der Waals surface area (Å²) in [5.74, 6) is 0.0842. The highest BCUT2D eigenvalue weighted by atomic mass is 16.2. The maximum Gasteiger partial charge on any atom is 0.227 e. The lowest BCUT2D eigenvalue weighted by Gasteiger charge is -2.45. The highest BCUT2D eigenvalue weighted by molar-refractivity contribution is 6.45. The summed E-state index contributed by atoms with van der Waals surface area (Å²) in [6.07, 6.45) is 12.1. The second-order valence-corrected chi connectivity index (χ2v) is 8.80. The quantitative estimate of drug-likeness (QED) is 0.559. The van der Waals surface area contributed by atoms with Gasteiger partial charge in [-0.3, -0.25) is 19.1 Å². The van der Waals surface area contributed by atoms with Crippen molar-refractivity contribution >= 4 is 17.3 Å². The minimum Gasteiger partial charge on any atom is -0.336 e. The van der Waals surface area contributed by atoms with Gasteiger partial charge in [-0.25, -0.2) is 0 Å². The Morgan fingerprint density at radius 3 is 2.96 bits per heavy atom. The molecule has 0 spiro atoms. The van der Waals surface area contributed by atoms with Crippen LogP contribution >= 0.6 is 0 Å². The summed E-state index contributed by atoms with van der Waals surface area (Å²) >= 11 is 0. The second kappa shape index (κ2) is 5.86. The summed E-state index contributed by atoms with van der Waals surface area (Å²) in [6, 6.07) is 0. The summed E-state index contributed by atoms with van der Waals surface area (Å²) < 4.78 is 0.901. The van der Waals surface area contributed by atoms with Gasteiger partial charge in [-0.05, 0) is 12.5 Å². The SMILES string of the molecule is CC(C)C[N@+]12C=C3C[C@@H]4C(=NC5=C4C(=O)C(=O)CC5)CN3C=C1C=CCC2. The van der Waals surface area contributed by atoms with Gasteiger partial charge in [0.2, 0.25) is 11.6 Å². The Kier molecular flexibility index (Phi) is 3.66. The summed E-state index contributed by atoms with van der Waals surface area (Å²) in [4.78, 5) is 31.6. The van der Waals surface area contributed by atoms with Crippen LogP contribution in [0.15, 0.2) is 52.2 Å². The lowest BCUT2D eigenvalue weighted by molar-refractivity contribution is -0.845. The molecule has 1 saturated heterocycles. The third-order valence-corrected chi connectivity index (χ3v) is 6.41. The zero-order chi connectivity index (χ0) is 18.8. The normalized spacial score (nSPS) is 31.9. The average Bonchev–Trinajstić information content (AvgIpc) is 2.98. The number of hydrogen-bond acceptors (Lipinski definition) is 4. The smallest absolute Gasteiger partial charge is 0.227 e. The van der Waals surface area contributed by atoms with E-state index in [1.807, 2.05) is 0 Å². The molecular formula is C22H26N3O2+. The number of rotatable bonds is 2. The molecule has 2 atom stereocenters. The zero-order valence-electron chi connectivity index (χ0n) is 16.1. The molecule has 0 saturated carbocycles. The molecule has 5 nitrogen and oxygen atoms in total. The maximum absolute atomic E-state index is 12.5. The van der Waals surface area contributed by atoms with Crippen LogP contribution < -0.4 is 0 Å². The van der Waals surface area contributed by atoms with Gasteiger partial charge in [0.25, 0.3) is 0 Å². The fourth-order valence-corrected chi connectivity index (χ4v) is 5.31. The molecule has 0 aromatic carbocycles. The van der Waals surface area contributed by atoms with Gasteiger partial charge in [-0.1, -0.05) is 19.9 Å². The lowest BCUT2D eigenvalue weighted by Crippen LogP contribution is -2.51. The molecule has 0 amide bonds. The summed E-state index contributed by atoms with van der Waals surface area (Å²) in [5.41, 5.74) is 5.25. The van der Waals surface area contributed by atoms with Crippen molar-refractivity contribution in [2.45, 2.75) is 39.5 Å². The minimum absolute atomic E-state index is 0.00799. The van der Waals surface area contributed by atoms with E-state index >= 15 is 0 Å². The van der Waals surface area contributed by atoms with Gasteiger partial charge >= 0.3 is 0 Å². The number of aliphatic imine (C=N–C) groups is 1. The van der Waals surface area contributed by atoms with Crippen molar-refractivity contribution in [3.63, 3.8) is 0 Å². The molecule has 5 heteroatoms. The van der Waals surface area contributed by atoms with Crippen molar-refractivity contribution in [3.05, 3.63) is 47.2 Å². The number of fused-ring (bicyclic) bond motifs is 4. The van der Waals surface area contributed by atoms with Crippen LogP contribution in [0.4, 0.5) is 0 Å². The number of carbonyl (C=O) groups excluding carboxylic acids is 2. The molecule has 4 aliphatic heterocycles. The van der Waals surface area contributed by atoms with Gasteiger partial charge in [0, 0.05) is 48.1 Å². The van der Waals surface area contributed by atoms with Crippen LogP contribution in [0.2, 0.25) is 0 Å². The molecule has 0 bridgehead atoms. The topological polar surface area (TPSA) is 49.7 Å². The molecule has 1 fully saturated rings. The van der Waals surface area contributed by atoms with Crippen molar-refractivity contribution < 1.29 is 14.1 Å². The number of allylic oxidation sites excluding steroid dienone is 4. The number of piperidine rings is 1. The molecule has 0 aromatic rings. The van der Waals surface area contributed by atoms with E-state index in [0.29, 0.717) is 24.3 Å². The van der Waals surface area contributed by atoms with Crippen molar-refractivity contribution in [2.24, 2.45) is 16.8 Å². The first-order valence-electron chi connectivity index (χ1n) is 10.1. The Morgan fingerprint density at radius 1 is 1.30 bits per heavy atom. The predicted octanol–water partition coefficient (Wildman–Crippen LogP) is 3.08. The molecule has 1 aliphatic carbocycles. The van der Waals surface area contributed by atoms with Gasteiger partial charge in [0.05, 0.1) is 31.5 Å². The van der Waals surface area contributed by atoms with Crippen LogP contribution in [-0.2, 0) is 9.59 Å². The Labute approximate surface area is 160 Å². The van der Waals surface area contributed by atoms with E-state index in [1.54, 1.807) is 0 Å². The summed E-state index contributed by atoms with van der Waals surface area (Å²) in [5, 5.41) is 0. The van der Waals surface area contributed by atoms with Crippen LogP contribution in [0.5, 0.6) is 0 Å². The fraction of sp³-hybridized carbons (Fsp3) is 0.500. The van der Waals surface area contributed by atoms with Gasteiger partial charge in [0.15, 0.2) is 5.70 Å². The number of quaternary nitrogens is 1. The monoisotopic (exact) mass is 364 g/mol. The molecule has 0 N–H and O–H groups in total. The Balaban J connectivity index is 1.52. The molecule has 140 valence electrons. The molecule has 0 radical (unpaired) electrons. The van der Waals surface area contributed by atoms with Crippen LogP contribution in [0.3, 0.4) is 0 Å². The standard InChI is InChI=1S/C22H26N3O2/c1-14(2)12-25-8-4-3-5-16(25)10-24-11-19-17(9-15(24)13-25)21-18(23-19)6-7-20(26)22(21)27/h3,5,10,13-14,17H,4,6-9,11-12H2,1-2H3/q+1/t17-,25-/m1/s1. The summed E-state index contributed by atoms with van der Waals surface area (Å²) in [7, 11) is 0. The molecule has 27 heavy (non-hydrogen) atoms. The van der Waals surface area contributed by atoms with Crippen LogP contribution in [-0.4, -0.2) is 46.3 Å². The molecular weight excluding hydrogens is 338 g/mol. The van der Waals surface area contributed by atoms with E-state index in [2.05, 4.69) is 43.3 Å². The fourth-order valence-electron chi connectivity index (χ4n) is 5.31. The van der Waals surface area contributed by atoms with Gasteiger partial charge in [0.1, 0.15) is 6.20 Å². The Morgan fingerprint density at radius 2 is 2.15 bits per heavy atom. The maximum atomic E-state index is 12.5. The Hall–Kier alpha value is -2.27. The third-order valence-electron chi connectivity index (χ3n) is 6.41. The number of hydrogen-bond donors (Lipinski definition) is 0. The summed E-state index contributed by atoms with van der Waals surface area (Å²) in [6.45, 7) is 7.46. The lowest BCUT2D eigenvalue weighted by atomic mass is 9.80. The van der Waals surface area contributed by atoms with Crippen LogP contribution in [0, 0.1) is 11.8 Å². The Bertz CT molecular complexity index is 903. The van der Waals surface area contributed by atoms with E-state index in [0.717, 1.165) is 48.4 Å². The van der Waals surface area contributed by atoms with E-state index in [4.69, 9.17) is 4.99 Å². The predicted molar refractivity (Wildman–Crippen MR) is 103 cm³/mol. The van der Waals surface area contributed by atoms with Crippen LogP contribution in [0.25, 0.3) is 0 Å². The molecule has 5 aliphatic rings. The van der Waals surface area contributed by atoms with Crippen molar-refractivity contribution in [2.75, 3.05) is 19.6 Å². The van der Waals surface area contributed by atoms with Gasteiger partial charge in [-0.15, -0.1) is 0 Å². The van der Waals surface area contributed by atoms with E-state index in [-0.39, 0.29) is 17.5 Å². The van der Waals surface area contributed by atoms with Gasteiger partial charge < -0.3 is 4.90 Å².